The van der Waals surface area contributed by atoms with Gasteiger partial charge in [0.05, 0.1) is 0 Å². The van der Waals surface area contributed by atoms with Crippen LogP contribution in [0.2, 0.25) is 0 Å². The molecule has 1 aromatic rings. The highest BCUT2D eigenvalue weighted by molar-refractivity contribution is 5.22. The van der Waals surface area contributed by atoms with Crippen molar-refractivity contribution < 1.29 is 0 Å². The Morgan fingerprint density at radius 3 is 2.42 bits per heavy atom. The molecule has 0 aromatic heterocycles. The third-order valence-electron chi connectivity index (χ3n) is 4.42. The number of hydrogen-bond donors (Lipinski definition) is 1. The minimum atomic E-state index is 0.373. The van der Waals surface area contributed by atoms with E-state index in [1.165, 1.54) is 17.5 Å². The molecule has 1 rings (SSSR count). The van der Waals surface area contributed by atoms with Gasteiger partial charge in [0.2, 0.25) is 0 Å². The first-order valence-electron chi connectivity index (χ1n) is 7.60. The van der Waals surface area contributed by atoms with Gasteiger partial charge in [-0.3, -0.25) is 0 Å². The highest BCUT2D eigenvalue weighted by Crippen LogP contribution is 2.25. The highest BCUT2D eigenvalue weighted by atomic mass is 14.9. The molecule has 0 bridgehead atoms. The number of benzene rings is 1. The SMILES string of the molecule is Cc1cccc(CCC(C)NCC(C)(C)C(C)C)c1. The van der Waals surface area contributed by atoms with Gasteiger partial charge in [0, 0.05) is 12.6 Å². The normalized spacial score (nSPS) is 13.8. The second-order valence-corrected chi connectivity index (χ2v) is 6.95. The van der Waals surface area contributed by atoms with Crippen LogP contribution in [0.15, 0.2) is 24.3 Å². The molecule has 0 saturated heterocycles. The molecule has 1 N–H and O–H groups in total. The van der Waals surface area contributed by atoms with Crippen LogP contribution >= 0.6 is 0 Å². The summed E-state index contributed by atoms with van der Waals surface area (Å²) in [6.45, 7) is 14.9. The largest absolute Gasteiger partial charge is 0.314 e. The van der Waals surface area contributed by atoms with Crippen LogP contribution in [0.1, 0.15) is 52.2 Å². The fourth-order valence-electron chi connectivity index (χ4n) is 1.99. The number of aryl methyl sites for hydroxylation is 2. The van der Waals surface area contributed by atoms with Crippen molar-refractivity contribution in [1.29, 1.82) is 0 Å². The molecule has 1 unspecified atom stereocenters. The van der Waals surface area contributed by atoms with E-state index in [-0.39, 0.29) is 0 Å². The van der Waals surface area contributed by atoms with Gasteiger partial charge >= 0.3 is 0 Å². The van der Waals surface area contributed by atoms with E-state index in [0.717, 1.165) is 13.0 Å². The summed E-state index contributed by atoms with van der Waals surface area (Å²) >= 11 is 0. The molecule has 0 fully saturated rings. The van der Waals surface area contributed by atoms with E-state index in [2.05, 4.69) is 71.1 Å². The minimum Gasteiger partial charge on any atom is -0.314 e. The van der Waals surface area contributed by atoms with Crippen LogP contribution in [0.3, 0.4) is 0 Å². The second-order valence-electron chi connectivity index (χ2n) is 6.95. The quantitative estimate of drug-likeness (QED) is 0.757. The molecule has 0 amide bonds. The van der Waals surface area contributed by atoms with Crippen LogP contribution in [0.4, 0.5) is 0 Å². The van der Waals surface area contributed by atoms with Gasteiger partial charge in [-0.15, -0.1) is 0 Å². The van der Waals surface area contributed by atoms with Gasteiger partial charge in [0.15, 0.2) is 0 Å². The van der Waals surface area contributed by atoms with Crippen LogP contribution in [0, 0.1) is 18.3 Å². The molecule has 108 valence electrons. The molecule has 0 aliphatic rings. The van der Waals surface area contributed by atoms with Crippen LogP contribution < -0.4 is 5.32 Å². The van der Waals surface area contributed by atoms with Gasteiger partial charge in [-0.05, 0) is 43.6 Å². The predicted molar refractivity (Wildman–Crippen MR) is 85.6 cm³/mol. The summed E-state index contributed by atoms with van der Waals surface area (Å²) in [6, 6.07) is 9.43. The maximum atomic E-state index is 3.69. The van der Waals surface area contributed by atoms with Crippen LogP contribution in [0.25, 0.3) is 0 Å². The van der Waals surface area contributed by atoms with E-state index in [4.69, 9.17) is 0 Å². The van der Waals surface area contributed by atoms with Crippen LogP contribution in [-0.2, 0) is 6.42 Å². The van der Waals surface area contributed by atoms with E-state index in [1.807, 2.05) is 0 Å². The second kappa shape index (κ2) is 7.09. The third-order valence-corrected chi connectivity index (χ3v) is 4.42. The van der Waals surface area contributed by atoms with Crippen molar-refractivity contribution in [3.05, 3.63) is 35.4 Å². The summed E-state index contributed by atoms with van der Waals surface area (Å²) in [7, 11) is 0. The molecule has 19 heavy (non-hydrogen) atoms. The Kier molecular flexibility index (Phi) is 6.06. The summed E-state index contributed by atoms with van der Waals surface area (Å²) in [6.07, 6.45) is 2.37. The lowest BCUT2D eigenvalue weighted by molar-refractivity contribution is 0.228. The number of rotatable bonds is 7. The summed E-state index contributed by atoms with van der Waals surface area (Å²) in [5, 5.41) is 3.69. The van der Waals surface area contributed by atoms with Gasteiger partial charge in [-0.2, -0.15) is 0 Å². The van der Waals surface area contributed by atoms with Crippen molar-refractivity contribution in [1.82, 2.24) is 5.32 Å². The summed E-state index contributed by atoms with van der Waals surface area (Å²) in [5.41, 5.74) is 3.19. The predicted octanol–water partition coefficient (Wildman–Crippen LogP) is 4.59. The van der Waals surface area contributed by atoms with Gasteiger partial charge < -0.3 is 5.32 Å². The maximum Gasteiger partial charge on any atom is 0.00421 e. The zero-order valence-electron chi connectivity index (χ0n) is 13.6. The zero-order chi connectivity index (χ0) is 14.5. The first-order chi connectivity index (χ1) is 8.81. The molecular formula is C18H31N. The monoisotopic (exact) mass is 261 g/mol. The Hall–Kier alpha value is -0.820. The summed E-state index contributed by atoms with van der Waals surface area (Å²) < 4.78 is 0. The standard InChI is InChI=1S/C18H31N/c1-14(2)18(5,6)13-19-16(4)10-11-17-9-7-8-15(3)12-17/h7-9,12,14,16,19H,10-11,13H2,1-6H3. The number of nitrogens with one attached hydrogen (secondary N) is 1. The maximum absolute atomic E-state index is 3.69. The average Bonchev–Trinajstić information content (AvgIpc) is 2.34. The van der Waals surface area contributed by atoms with Gasteiger partial charge in [0.1, 0.15) is 0 Å². The van der Waals surface area contributed by atoms with Crippen molar-refractivity contribution in [2.24, 2.45) is 11.3 Å². The molecule has 0 spiro atoms. The molecular weight excluding hydrogens is 230 g/mol. The highest BCUT2D eigenvalue weighted by Gasteiger charge is 2.22. The Morgan fingerprint density at radius 2 is 1.84 bits per heavy atom. The minimum absolute atomic E-state index is 0.373. The smallest absolute Gasteiger partial charge is 0.00421 e. The first-order valence-corrected chi connectivity index (χ1v) is 7.60. The van der Waals surface area contributed by atoms with Crippen molar-refractivity contribution in [3.63, 3.8) is 0 Å². The van der Waals surface area contributed by atoms with Crippen molar-refractivity contribution in [3.8, 4) is 0 Å². The zero-order valence-corrected chi connectivity index (χ0v) is 13.6. The Balaban J connectivity index is 2.34. The van der Waals surface area contributed by atoms with Gasteiger partial charge in [-0.1, -0.05) is 57.5 Å². The topological polar surface area (TPSA) is 12.0 Å². The fourth-order valence-corrected chi connectivity index (χ4v) is 1.99. The van der Waals surface area contributed by atoms with Crippen LogP contribution in [0.5, 0.6) is 0 Å². The van der Waals surface area contributed by atoms with E-state index in [1.54, 1.807) is 0 Å². The average molecular weight is 261 g/mol. The lowest BCUT2D eigenvalue weighted by Gasteiger charge is -2.31. The fraction of sp³-hybridized carbons (Fsp3) is 0.667. The molecule has 0 aliphatic heterocycles. The van der Waals surface area contributed by atoms with Gasteiger partial charge in [-0.25, -0.2) is 0 Å². The van der Waals surface area contributed by atoms with Crippen molar-refractivity contribution >= 4 is 0 Å². The lowest BCUT2D eigenvalue weighted by atomic mass is 9.81. The molecule has 1 aromatic carbocycles. The molecule has 0 saturated carbocycles. The molecule has 1 atom stereocenters. The van der Waals surface area contributed by atoms with Crippen molar-refractivity contribution in [2.75, 3.05) is 6.54 Å². The number of hydrogen-bond acceptors (Lipinski definition) is 1. The summed E-state index contributed by atoms with van der Waals surface area (Å²) in [4.78, 5) is 0. The summed E-state index contributed by atoms with van der Waals surface area (Å²) in [5.74, 6) is 0.712. The molecule has 0 radical (unpaired) electrons. The Morgan fingerprint density at radius 1 is 1.16 bits per heavy atom. The Bertz CT molecular complexity index is 379. The third kappa shape index (κ3) is 5.78. The van der Waals surface area contributed by atoms with Gasteiger partial charge in [0.25, 0.3) is 0 Å². The molecule has 0 aliphatic carbocycles. The molecule has 0 heterocycles. The van der Waals surface area contributed by atoms with E-state index in [9.17, 15) is 0 Å². The van der Waals surface area contributed by atoms with Crippen molar-refractivity contribution in [2.45, 2.75) is 60.4 Å². The lowest BCUT2D eigenvalue weighted by Crippen LogP contribution is -2.38. The van der Waals surface area contributed by atoms with Crippen LogP contribution in [-0.4, -0.2) is 12.6 Å². The van der Waals surface area contributed by atoms with E-state index >= 15 is 0 Å². The molecule has 1 heteroatoms. The Labute approximate surface area is 119 Å². The van der Waals surface area contributed by atoms with E-state index < -0.39 is 0 Å². The van der Waals surface area contributed by atoms with E-state index in [0.29, 0.717) is 17.4 Å². The molecule has 1 nitrogen and oxygen atoms in total. The first kappa shape index (κ1) is 16.2.